The van der Waals surface area contributed by atoms with E-state index in [2.05, 4.69) is 22.7 Å². The summed E-state index contributed by atoms with van der Waals surface area (Å²) in [6.07, 6.45) is 0.974. The number of nitrogens with one attached hydrogen (secondary N) is 2. The molecule has 3 aromatic rings. The number of carbonyl (C=O) groups is 1. The zero-order chi connectivity index (χ0) is 16.9. The minimum Gasteiger partial charge on any atom is -0.484 e. The number of hydrogen-bond acceptors (Lipinski definition) is 6. The van der Waals surface area contributed by atoms with Gasteiger partial charge >= 0.3 is 0 Å². The second-order valence-electron chi connectivity index (χ2n) is 5.18. The van der Waals surface area contributed by atoms with Crippen molar-refractivity contribution in [2.75, 3.05) is 17.3 Å². The van der Waals surface area contributed by atoms with Crippen molar-refractivity contribution in [3.63, 3.8) is 0 Å². The molecule has 0 fully saturated rings. The summed E-state index contributed by atoms with van der Waals surface area (Å²) in [7, 11) is 0. The molecule has 0 aliphatic carbocycles. The van der Waals surface area contributed by atoms with Crippen molar-refractivity contribution in [2.45, 2.75) is 13.3 Å². The molecule has 0 saturated heterocycles. The zero-order valence-electron chi connectivity index (χ0n) is 13.2. The standard InChI is InChI=1S/C17H18N4O2S/c1-2-11-3-6-13(7-4-11)23-10-16(22)19-12-5-8-14-15(9-12)24-17(20-14)21-18/h3-9H,2,10,18H2,1H3,(H,19,22)(H,20,21). The molecular formula is C17H18N4O2S. The number of aryl methyl sites for hydroxylation is 1. The Morgan fingerprint density at radius 1 is 1.25 bits per heavy atom. The maximum absolute atomic E-state index is 12.0. The fourth-order valence-corrected chi connectivity index (χ4v) is 3.05. The summed E-state index contributed by atoms with van der Waals surface area (Å²) in [5.41, 5.74) is 5.29. The summed E-state index contributed by atoms with van der Waals surface area (Å²) in [5, 5.41) is 3.45. The predicted octanol–water partition coefficient (Wildman–Crippen LogP) is 3.16. The fraction of sp³-hybridized carbons (Fsp3) is 0.176. The number of hydrogen-bond donors (Lipinski definition) is 3. The molecule has 124 valence electrons. The van der Waals surface area contributed by atoms with E-state index in [4.69, 9.17) is 10.6 Å². The molecular weight excluding hydrogens is 324 g/mol. The first-order valence-corrected chi connectivity index (χ1v) is 8.38. The van der Waals surface area contributed by atoms with E-state index >= 15 is 0 Å². The van der Waals surface area contributed by atoms with Gasteiger partial charge in [-0.25, -0.2) is 10.8 Å². The first-order chi connectivity index (χ1) is 11.7. The van der Waals surface area contributed by atoms with Gasteiger partial charge in [0.05, 0.1) is 10.2 Å². The van der Waals surface area contributed by atoms with Gasteiger partial charge in [0.2, 0.25) is 0 Å². The molecule has 0 aliphatic rings. The normalized spacial score (nSPS) is 10.6. The van der Waals surface area contributed by atoms with Gasteiger partial charge in [0.1, 0.15) is 5.75 Å². The van der Waals surface area contributed by atoms with E-state index in [9.17, 15) is 4.79 Å². The Bertz CT molecular complexity index is 845. The molecule has 0 radical (unpaired) electrons. The van der Waals surface area contributed by atoms with Crippen molar-refractivity contribution in [3.05, 3.63) is 48.0 Å². The summed E-state index contributed by atoms with van der Waals surface area (Å²) in [4.78, 5) is 16.3. The Labute approximate surface area is 143 Å². The molecule has 3 rings (SSSR count). The van der Waals surface area contributed by atoms with Crippen LogP contribution in [0.15, 0.2) is 42.5 Å². The molecule has 1 heterocycles. The van der Waals surface area contributed by atoms with Crippen LogP contribution in [-0.4, -0.2) is 17.5 Å². The Hall–Kier alpha value is -2.64. The molecule has 1 aromatic heterocycles. The Kier molecular flexibility index (Phi) is 4.93. The lowest BCUT2D eigenvalue weighted by Crippen LogP contribution is -2.20. The fourth-order valence-electron chi connectivity index (χ4n) is 2.23. The van der Waals surface area contributed by atoms with Crippen LogP contribution in [0.4, 0.5) is 10.8 Å². The zero-order valence-corrected chi connectivity index (χ0v) is 14.0. The van der Waals surface area contributed by atoms with Crippen molar-refractivity contribution in [1.82, 2.24) is 4.98 Å². The van der Waals surface area contributed by atoms with E-state index in [1.54, 1.807) is 6.07 Å². The molecule has 1 amide bonds. The summed E-state index contributed by atoms with van der Waals surface area (Å²) >= 11 is 1.42. The number of benzene rings is 2. The third kappa shape index (κ3) is 3.81. The Morgan fingerprint density at radius 3 is 2.75 bits per heavy atom. The average Bonchev–Trinajstić information content (AvgIpc) is 3.03. The third-order valence-corrected chi connectivity index (χ3v) is 4.45. The summed E-state index contributed by atoms with van der Waals surface area (Å²) in [5.74, 6) is 5.82. The van der Waals surface area contributed by atoms with E-state index in [1.807, 2.05) is 36.4 Å². The number of nitrogen functional groups attached to an aromatic ring is 1. The highest BCUT2D eigenvalue weighted by molar-refractivity contribution is 7.22. The van der Waals surface area contributed by atoms with Gasteiger partial charge in [0.15, 0.2) is 11.7 Å². The lowest BCUT2D eigenvalue weighted by atomic mass is 10.2. The van der Waals surface area contributed by atoms with E-state index in [0.717, 1.165) is 16.6 Å². The molecule has 0 bridgehead atoms. The molecule has 0 aliphatic heterocycles. The van der Waals surface area contributed by atoms with E-state index in [-0.39, 0.29) is 12.5 Å². The molecule has 0 saturated carbocycles. The largest absolute Gasteiger partial charge is 0.484 e. The van der Waals surface area contributed by atoms with Gasteiger partial charge in [-0.1, -0.05) is 30.4 Å². The van der Waals surface area contributed by atoms with Gasteiger partial charge in [-0.15, -0.1) is 0 Å². The van der Waals surface area contributed by atoms with Gasteiger partial charge in [-0.3, -0.25) is 10.2 Å². The third-order valence-electron chi connectivity index (χ3n) is 3.50. The number of rotatable bonds is 6. The molecule has 0 atom stereocenters. The van der Waals surface area contributed by atoms with Crippen LogP contribution in [0.5, 0.6) is 5.75 Å². The molecule has 4 N–H and O–H groups in total. The summed E-state index contributed by atoms with van der Waals surface area (Å²) in [6, 6.07) is 13.2. The molecule has 0 spiro atoms. The number of anilines is 2. The Morgan fingerprint density at radius 2 is 2.04 bits per heavy atom. The number of nitrogens with two attached hydrogens (primary N) is 1. The van der Waals surface area contributed by atoms with Crippen LogP contribution < -0.4 is 21.3 Å². The second-order valence-corrected chi connectivity index (χ2v) is 6.21. The number of ether oxygens (including phenoxy) is 1. The first kappa shape index (κ1) is 16.2. The number of amides is 1. The van der Waals surface area contributed by atoms with Crippen molar-refractivity contribution in [2.24, 2.45) is 5.84 Å². The maximum Gasteiger partial charge on any atom is 0.262 e. The van der Waals surface area contributed by atoms with Gasteiger partial charge in [0, 0.05) is 5.69 Å². The first-order valence-electron chi connectivity index (χ1n) is 7.56. The monoisotopic (exact) mass is 342 g/mol. The van der Waals surface area contributed by atoms with Gasteiger partial charge in [-0.05, 0) is 42.3 Å². The van der Waals surface area contributed by atoms with Crippen LogP contribution in [0.25, 0.3) is 10.2 Å². The number of aromatic nitrogens is 1. The van der Waals surface area contributed by atoms with Gasteiger partial charge in [0.25, 0.3) is 5.91 Å². The number of thiazole rings is 1. The molecule has 6 nitrogen and oxygen atoms in total. The number of hydrazine groups is 1. The highest BCUT2D eigenvalue weighted by Crippen LogP contribution is 2.27. The average molecular weight is 342 g/mol. The number of carbonyl (C=O) groups excluding carboxylic acids is 1. The van der Waals surface area contributed by atoms with Gasteiger partial charge in [-0.2, -0.15) is 0 Å². The highest BCUT2D eigenvalue weighted by Gasteiger charge is 2.07. The predicted molar refractivity (Wildman–Crippen MR) is 97.4 cm³/mol. The smallest absolute Gasteiger partial charge is 0.262 e. The van der Waals surface area contributed by atoms with Crippen LogP contribution in [0.1, 0.15) is 12.5 Å². The summed E-state index contributed by atoms with van der Waals surface area (Å²) < 4.78 is 6.44. The van der Waals surface area contributed by atoms with Crippen molar-refractivity contribution in [3.8, 4) is 5.75 Å². The van der Waals surface area contributed by atoms with Crippen molar-refractivity contribution >= 4 is 38.3 Å². The molecule has 0 unspecified atom stereocenters. The lowest BCUT2D eigenvalue weighted by molar-refractivity contribution is -0.118. The van der Waals surface area contributed by atoms with Crippen LogP contribution in [0.3, 0.4) is 0 Å². The minimum atomic E-state index is -0.212. The van der Waals surface area contributed by atoms with Crippen LogP contribution in [-0.2, 0) is 11.2 Å². The lowest BCUT2D eigenvalue weighted by Gasteiger charge is -2.08. The van der Waals surface area contributed by atoms with Crippen LogP contribution in [0, 0.1) is 0 Å². The SMILES string of the molecule is CCc1ccc(OCC(=O)Nc2ccc3nc(NN)sc3c2)cc1. The molecule has 2 aromatic carbocycles. The number of fused-ring (bicyclic) bond motifs is 1. The second kappa shape index (κ2) is 7.29. The van der Waals surface area contributed by atoms with Gasteiger partial charge < -0.3 is 10.1 Å². The molecule has 24 heavy (non-hydrogen) atoms. The molecule has 7 heteroatoms. The van der Waals surface area contributed by atoms with Crippen LogP contribution >= 0.6 is 11.3 Å². The van der Waals surface area contributed by atoms with Crippen molar-refractivity contribution < 1.29 is 9.53 Å². The van der Waals surface area contributed by atoms with E-state index in [0.29, 0.717) is 16.6 Å². The maximum atomic E-state index is 12.0. The van der Waals surface area contributed by atoms with Crippen molar-refractivity contribution in [1.29, 1.82) is 0 Å². The van der Waals surface area contributed by atoms with E-state index in [1.165, 1.54) is 16.9 Å². The quantitative estimate of drug-likeness (QED) is 0.473. The minimum absolute atomic E-state index is 0.0399. The van der Waals surface area contributed by atoms with Crippen LogP contribution in [0.2, 0.25) is 0 Å². The van der Waals surface area contributed by atoms with E-state index < -0.39 is 0 Å². The summed E-state index contributed by atoms with van der Waals surface area (Å²) in [6.45, 7) is 2.05. The number of nitrogens with zero attached hydrogens (tertiary/aromatic N) is 1. The Balaban J connectivity index is 1.59. The highest BCUT2D eigenvalue weighted by atomic mass is 32.1. The topological polar surface area (TPSA) is 89.3 Å².